The van der Waals surface area contributed by atoms with E-state index >= 15 is 0 Å². The molecule has 1 fully saturated rings. The lowest BCUT2D eigenvalue weighted by molar-refractivity contribution is -0.0678. The summed E-state index contributed by atoms with van der Waals surface area (Å²) in [4.78, 5) is 3.50. The number of nitrogens with two attached hydrogens (primary N) is 1. The van der Waals surface area contributed by atoms with Crippen molar-refractivity contribution in [1.29, 1.82) is 0 Å². The summed E-state index contributed by atoms with van der Waals surface area (Å²) in [7, 11) is 0. The highest BCUT2D eigenvalue weighted by Crippen LogP contribution is 2.33. The second-order valence-electron chi connectivity index (χ2n) is 4.83. The summed E-state index contributed by atoms with van der Waals surface area (Å²) in [6.45, 7) is 4.33. The minimum absolute atomic E-state index is 0.0514. The quantitative estimate of drug-likeness (QED) is 0.872. The Morgan fingerprint density at radius 3 is 3.00 bits per heavy atom. The van der Waals surface area contributed by atoms with Crippen LogP contribution in [0.4, 0.5) is 0 Å². The predicted molar refractivity (Wildman–Crippen MR) is 78.7 cm³/mol. The summed E-state index contributed by atoms with van der Waals surface area (Å²) in [5, 5.41) is 9.26. The van der Waals surface area contributed by atoms with Gasteiger partial charge in [-0.2, -0.15) is 0 Å². The molecule has 3 unspecified atom stereocenters. The molecular weight excluding hydrogens is 284 g/mol. The maximum atomic E-state index is 9.26. The molecule has 6 heteroatoms. The van der Waals surface area contributed by atoms with Crippen LogP contribution in [0.25, 0.3) is 0 Å². The number of aliphatic hydroxyl groups excluding tert-OH is 1. The molecule has 2 rings (SSSR count). The van der Waals surface area contributed by atoms with Gasteiger partial charge in [-0.15, -0.1) is 11.3 Å². The van der Waals surface area contributed by atoms with E-state index in [1.54, 1.807) is 11.3 Å². The predicted octanol–water partition coefficient (Wildman–Crippen LogP) is 1.87. The van der Waals surface area contributed by atoms with Crippen molar-refractivity contribution in [3.05, 3.63) is 21.3 Å². The van der Waals surface area contributed by atoms with Crippen molar-refractivity contribution in [3.63, 3.8) is 0 Å². The van der Waals surface area contributed by atoms with Crippen LogP contribution < -0.4 is 5.73 Å². The Morgan fingerprint density at radius 1 is 1.63 bits per heavy atom. The molecule has 1 aliphatic rings. The van der Waals surface area contributed by atoms with Crippen molar-refractivity contribution in [2.45, 2.75) is 31.5 Å². The van der Waals surface area contributed by atoms with Gasteiger partial charge in [-0.3, -0.25) is 4.90 Å². The van der Waals surface area contributed by atoms with Crippen LogP contribution in [0.3, 0.4) is 0 Å². The number of nitrogens with zero attached hydrogens (tertiary/aromatic N) is 1. The van der Waals surface area contributed by atoms with Crippen molar-refractivity contribution < 1.29 is 9.84 Å². The second kappa shape index (κ2) is 7.02. The lowest BCUT2D eigenvalue weighted by Crippen LogP contribution is -2.50. The van der Waals surface area contributed by atoms with E-state index in [-0.39, 0.29) is 24.8 Å². The zero-order valence-electron chi connectivity index (χ0n) is 11.1. The number of thiophene rings is 1. The van der Waals surface area contributed by atoms with Crippen LogP contribution in [-0.4, -0.2) is 48.5 Å². The molecule has 1 aliphatic heterocycles. The van der Waals surface area contributed by atoms with Gasteiger partial charge in [-0.25, -0.2) is 0 Å². The highest BCUT2D eigenvalue weighted by atomic mass is 35.5. The zero-order chi connectivity index (χ0) is 13.8. The minimum Gasteiger partial charge on any atom is -0.394 e. The SMILES string of the molecule is CCC(N)C(c1ccc(Cl)s1)N1CCOC(CO)C1. The van der Waals surface area contributed by atoms with Gasteiger partial charge in [0.2, 0.25) is 0 Å². The summed E-state index contributed by atoms with van der Waals surface area (Å²) < 4.78 is 6.29. The third kappa shape index (κ3) is 3.68. The molecule has 3 atom stereocenters. The molecule has 108 valence electrons. The Kier molecular flexibility index (Phi) is 5.62. The summed E-state index contributed by atoms with van der Waals surface area (Å²) in [6, 6.07) is 4.19. The Balaban J connectivity index is 2.17. The van der Waals surface area contributed by atoms with Crippen LogP contribution in [0.2, 0.25) is 4.34 Å². The monoisotopic (exact) mass is 304 g/mol. The van der Waals surface area contributed by atoms with Gasteiger partial charge in [0.05, 0.1) is 29.7 Å². The standard InChI is InChI=1S/C13H21ClN2O2S/c1-2-10(15)13(11-3-4-12(14)19-11)16-5-6-18-9(7-16)8-17/h3-4,9-10,13,17H,2,5-8,15H2,1H3. The summed E-state index contributed by atoms with van der Waals surface area (Å²) in [5.41, 5.74) is 6.29. The van der Waals surface area contributed by atoms with E-state index in [1.807, 2.05) is 6.07 Å². The molecule has 0 amide bonds. The molecule has 1 aromatic rings. The van der Waals surface area contributed by atoms with Gasteiger partial charge in [-0.1, -0.05) is 18.5 Å². The molecule has 3 N–H and O–H groups in total. The van der Waals surface area contributed by atoms with E-state index in [9.17, 15) is 5.11 Å². The Morgan fingerprint density at radius 2 is 2.42 bits per heavy atom. The fraction of sp³-hybridized carbons (Fsp3) is 0.692. The molecule has 4 nitrogen and oxygen atoms in total. The molecule has 19 heavy (non-hydrogen) atoms. The average Bonchev–Trinajstić information content (AvgIpc) is 2.85. The average molecular weight is 305 g/mol. The van der Waals surface area contributed by atoms with E-state index in [2.05, 4.69) is 17.9 Å². The van der Waals surface area contributed by atoms with Crippen LogP contribution in [0.1, 0.15) is 24.3 Å². The maximum Gasteiger partial charge on any atom is 0.0933 e. The Labute approximate surface area is 123 Å². The molecule has 0 aliphatic carbocycles. The number of aliphatic hydroxyl groups is 1. The lowest BCUT2D eigenvalue weighted by Gasteiger charge is -2.39. The zero-order valence-corrected chi connectivity index (χ0v) is 12.7. The van der Waals surface area contributed by atoms with Crippen molar-refractivity contribution in [3.8, 4) is 0 Å². The highest BCUT2D eigenvalue weighted by molar-refractivity contribution is 7.16. The molecule has 0 aromatic carbocycles. The topological polar surface area (TPSA) is 58.7 Å². The molecule has 1 aromatic heterocycles. The summed E-state index contributed by atoms with van der Waals surface area (Å²) in [6.07, 6.45) is 0.789. The van der Waals surface area contributed by atoms with Crippen LogP contribution in [0.5, 0.6) is 0 Å². The Bertz CT molecular complexity index is 402. The molecule has 1 saturated heterocycles. The molecule has 0 radical (unpaired) electrons. The van der Waals surface area contributed by atoms with Crippen LogP contribution in [0.15, 0.2) is 12.1 Å². The molecule has 0 saturated carbocycles. The van der Waals surface area contributed by atoms with Crippen molar-refractivity contribution in [1.82, 2.24) is 4.90 Å². The normalized spacial score (nSPS) is 24.3. The Hall–Kier alpha value is -0.170. The van der Waals surface area contributed by atoms with Gasteiger partial charge >= 0.3 is 0 Å². The lowest BCUT2D eigenvalue weighted by atomic mass is 10.0. The smallest absolute Gasteiger partial charge is 0.0933 e. The molecule has 0 bridgehead atoms. The first-order valence-electron chi connectivity index (χ1n) is 6.63. The van der Waals surface area contributed by atoms with Crippen molar-refractivity contribution in [2.75, 3.05) is 26.3 Å². The number of halogens is 1. The second-order valence-corrected chi connectivity index (χ2v) is 6.58. The third-order valence-corrected chi connectivity index (χ3v) is 4.83. The van der Waals surface area contributed by atoms with Gasteiger partial charge in [0.15, 0.2) is 0 Å². The number of rotatable bonds is 5. The number of hydrogen-bond donors (Lipinski definition) is 2. The van der Waals surface area contributed by atoms with E-state index in [0.717, 1.165) is 17.3 Å². The molecule has 0 spiro atoms. The first-order chi connectivity index (χ1) is 9.15. The molecule has 2 heterocycles. The largest absolute Gasteiger partial charge is 0.394 e. The van der Waals surface area contributed by atoms with E-state index in [4.69, 9.17) is 22.1 Å². The number of ether oxygens (including phenoxy) is 1. The van der Waals surface area contributed by atoms with Gasteiger partial charge < -0.3 is 15.6 Å². The van der Waals surface area contributed by atoms with Gasteiger partial charge in [0.1, 0.15) is 0 Å². The van der Waals surface area contributed by atoms with E-state index in [1.165, 1.54) is 4.88 Å². The fourth-order valence-corrected chi connectivity index (χ4v) is 3.75. The third-order valence-electron chi connectivity index (χ3n) is 3.53. The van der Waals surface area contributed by atoms with Crippen molar-refractivity contribution in [2.24, 2.45) is 5.73 Å². The number of hydrogen-bond acceptors (Lipinski definition) is 5. The van der Waals surface area contributed by atoms with Gasteiger partial charge in [0, 0.05) is 24.0 Å². The van der Waals surface area contributed by atoms with E-state index in [0.29, 0.717) is 13.2 Å². The highest BCUT2D eigenvalue weighted by Gasteiger charge is 2.31. The van der Waals surface area contributed by atoms with Crippen molar-refractivity contribution >= 4 is 22.9 Å². The van der Waals surface area contributed by atoms with Gasteiger partial charge in [-0.05, 0) is 18.6 Å². The first-order valence-corrected chi connectivity index (χ1v) is 7.82. The van der Waals surface area contributed by atoms with E-state index < -0.39 is 0 Å². The summed E-state index contributed by atoms with van der Waals surface area (Å²) in [5.74, 6) is 0. The minimum atomic E-state index is -0.115. The fourth-order valence-electron chi connectivity index (χ4n) is 2.48. The molecular formula is C13H21ClN2O2S. The van der Waals surface area contributed by atoms with Crippen LogP contribution >= 0.6 is 22.9 Å². The number of morpholine rings is 1. The maximum absolute atomic E-state index is 9.26. The summed E-state index contributed by atoms with van der Waals surface area (Å²) >= 11 is 7.62. The van der Waals surface area contributed by atoms with Crippen LogP contribution in [-0.2, 0) is 4.74 Å². The van der Waals surface area contributed by atoms with Crippen LogP contribution in [0, 0.1) is 0 Å². The van der Waals surface area contributed by atoms with Gasteiger partial charge in [0.25, 0.3) is 0 Å². The first kappa shape index (κ1) is 15.2.